The van der Waals surface area contributed by atoms with Crippen LogP contribution in [0.2, 0.25) is 0 Å². The molecule has 4 rings (SSSR count). The van der Waals surface area contributed by atoms with Gasteiger partial charge in [-0.1, -0.05) is 54.6 Å². The van der Waals surface area contributed by atoms with Crippen LogP contribution in [-0.2, 0) is 17.8 Å². The number of carbonyl (C=O) groups excluding carboxylic acids is 1. The second kappa shape index (κ2) is 5.58. The maximum absolute atomic E-state index is 12.1. The Kier molecular flexibility index (Phi) is 3.43. The quantitative estimate of drug-likeness (QED) is 0.921. The summed E-state index contributed by atoms with van der Waals surface area (Å²) >= 11 is 0. The highest BCUT2D eigenvalue weighted by Gasteiger charge is 2.37. The van der Waals surface area contributed by atoms with Crippen LogP contribution in [0.15, 0.2) is 54.6 Å². The van der Waals surface area contributed by atoms with Crippen LogP contribution in [-0.4, -0.2) is 29.9 Å². The molecule has 1 fully saturated rings. The molecule has 2 aliphatic heterocycles. The minimum Gasteiger partial charge on any atom is -0.351 e. The molecule has 0 bridgehead atoms. The summed E-state index contributed by atoms with van der Waals surface area (Å²) in [6, 6.07) is 19.2. The van der Waals surface area contributed by atoms with Crippen LogP contribution in [0.1, 0.15) is 22.6 Å². The average molecular weight is 292 g/mol. The Hall–Kier alpha value is -2.13. The van der Waals surface area contributed by atoms with Gasteiger partial charge in [0.05, 0.1) is 6.42 Å². The number of nitrogens with zero attached hydrogens (tertiary/aromatic N) is 1. The summed E-state index contributed by atoms with van der Waals surface area (Å²) in [5.74, 6) is 0.563. The van der Waals surface area contributed by atoms with E-state index in [1.165, 1.54) is 16.7 Å². The predicted molar refractivity (Wildman–Crippen MR) is 86.5 cm³/mol. The third-order valence-corrected chi connectivity index (χ3v) is 4.80. The number of fused-ring (bicyclic) bond motifs is 3. The molecule has 2 atom stereocenters. The van der Waals surface area contributed by atoms with Gasteiger partial charge in [-0.05, 0) is 16.7 Å². The van der Waals surface area contributed by atoms with E-state index in [0.29, 0.717) is 12.3 Å². The topological polar surface area (TPSA) is 32.3 Å². The second-order valence-corrected chi connectivity index (χ2v) is 6.34. The van der Waals surface area contributed by atoms with Crippen LogP contribution in [0, 0.1) is 0 Å². The number of carbonyl (C=O) groups is 1. The molecule has 3 nitrogen and oxygen atoms in total. The van der Waals surface area contributed by atoms with Crippen LogP contribution in [0.5, 0.6) is 0 Å². The van der Waals surface area contributed by atoms with Gasteiger partial charge in [0.2, 0.25) is 5.91 Å². The molecular formula is C19H20N2O. The highest BCUT2D eigenvalue weighted by Crippen LogP contribution is 2.33. The van der Waals surface area contributed by atoms with Crippen LogP contribution >= 0.6 is 0 Å². The summed E-state index contributed by atoms with van der Waals surface area (Å²) < 4.78 is 0. The molecule has 0 spiro atoms. The number of likely N-dealkylation sites (tertiary alicyclic amines) is 1. The van der Waals surface area contributed by atoms with Gasteiger partial charge < -0.3 is 5.32 Å². The minimum atomic E-state index is 0.154. The molecular weight excluding hydrogens is 272 g/mol. The van der Waals surface area contributed by atoms with Gasteiger partial charge >= 0.3 is 0 Å². The van der Waals surface area contributed by atoms with E-state index in [9.17, 15) is 4.79 Å². The van der Waals surface area contributed by atoms with Crippen molar-refractivity contribution in [1.82, 2.24) is 10.2 Å². The molecule has 0 aliphatic carbocycles. The van der Waals surface area contributed by atoms with E-state index in [0.717, 1.165) is 19.6 Å². The fraction of sp³-hybridized carbons (Fsp3) is 0.316. The van der Waals surface area contributed by atoms with Crippen molar-refractivity contribution in [2.24, 2.45) is 0 Å². The highest BCUT2D eigenvalue weighted by molar-refractivity contribution is 5.80. The molecule has 2 aromatic carbocycles. The molecule has 0 radical (unpaired) electrons. The van der Waals surface area contributed by atoms with E-state index in [2.05, 4.69) is 52.7 Å². The van der Waals surface area contributed by atoms with Crippen molar-refractivity contribution in [3.63, 3.8) is 0 Å². The Morgan fingerprint density at radius 1 is 1.00 bits per heavy atom. The molecule has 0 saturated carbocycles. The maximum atomic E-state index is 12.1. The first-order valence-corrected chi connectivity index (χ1v) is 7.93. The summed E-state index contributed by atoms with van der Waals surface area (Å²) in [5.41, 5.74) is 3.87. The zero-order valence-electron chi connectivity index (χ0n) is 12.5. The van der Waals surface area contributed by atoms with E-state index >= 15 is 0 Å². The third kappa shape index (κ3) is 2.53. The average Bonchev–Trinajstić information content (AvgIpc) is 2.85. The standard InChI is InChI=1S/C19H20N2O/c22-19-10-15-8-4-5-9-16(15)17-12-21(13-18(17)20-19)11-14-6-2-1-3-7-14/h1-9,17-18H,10-13H2,(H,20,22)/t17-,18+/m1/s1. The van der Waals surface area contributed by atoms with E-state index in [1.807, 2.05) is 12.1 Å². The molecule has 1 amide bonds. The molecule has 1 N–H and O–H groups in total. The molecule has 0 aromatic heterocycles. The molecule has 112 valence electrons. The van der Waals surface area contributed by atoms with Crippen molar-refractivity contribution in [2.75, 3.05) is 13.1 Å². The van der Waals surface area contributed by atoms with Crippen molar-refractivity contribution in [3.8, 4) is 0 Å². The summed E-state index contributed by atoms with van der Waals surface area (Å²) in [4.78, 5) is 14.6. The fourth-order valence-corrected chi connectivity index (χ4v) is 3.81. The first-order chi connectivity index (χ1) is 10.8. The number of amides is 1. The van der Waals surface area contributed by atoms with Gasteiger partial charge in [0.1, 0.15) is 0 Å². The lowest BCUT2D eigenvalue weighted by Gasteiger charge is -2.17. The molecule has 3 heteroatoms. The predicted octanol–water partition coefficient (Wildman–Crippen LogP) is 2.33. The monoisotopic (exact) mass is 292 g/mol. The molecule has 22 heavy (non-hydrogen) atoms. The Labute approximate surface area is 131 Å². The highest BCUT2D eigenvalue weighted by atomic mass is 16.1. The zero-order valence-corrected chi connectivity index (χ0v) is 12.5. The summed E-state index contributed by atoms with van der Waals surface area (Å²) in [6.45, 7) is 2.89. The number of rotatable bonds is 2. The SMILES string of the molecule is O=C1Cc2ccccc2[C@H]2CN(Cc3ccccc3)C[C@@H]2N1. The Bertz CT molecular complexity index is 683. The van der Waals surface area contributed by atoms with Crippen LogP contribution in [0.4, 0.5) is 0 Å². The van der Waals surface area contributed by atoms with Crippen molar-refractivity contribution >= 4 is 5.91 Å². The Balaban J connectivity index is 1.59. The van der Waals surface area contributed by atoms with E-state index < -0.39 is 0 Å². The number of hydrogen-bond acceptors (Lipinski definition) is 2. The molecule has 2 aliphatic rings. The summed E-state index contributed by atoms with van der Waals surface area (Å²) in [7, 11) is 0. The lowest BCUT2D eigenvalue weighted by atomic mass is 9.91. The Morgan fingerprint density at radius 3 is 2.64 bits per heavy atom. The molecule has 1 saturated heterocycles. The largest absolute Gasteiger partial charge is 0.351 e. The van der Waals surface area contributed by atoms with Crippen molar-refractivity contribution < 1.29 is 4.79 Å². The van der Waals surface area contributed by atoms with E-state index in [1.54, 1.807) is 0 Å². The van der Waals surface area contributed by atoms with Gasteiger partial charge in [-0.25, -0.2) is 0 Å². The van der Waals surface area contributed by atoms with E-state index in [-0.39, 0.29) is 11.9 Å². The first-order valence-electron chi connectivity index (χ1n) is 7.93. The van der Waals surface area contributed by atoms with Crippen molar-refractivity contribution in [1.29, 1.82) is 0 Å². The number of benzene rings is 2. The second-order valence-electron chi connectivity index (χ2n) is 6.34. The van der Waals surface area contributed by atoms with Gasteiger partial charge in [-0.3, -0.25) is 9.69 Å². The normalized spacial score (nSPS) is 24.3. The van der Waals surface area contributed by atoms with Gasteiger partial charge in [-0.2, -0.15) is 0 Å². The summed E-state index contributed by atoms with van der Waals surface area (Å²) in [5, 5.41) is 3.22. The number of hydrogen-bond donors (Lipinski definition) is 1. The van der Waals surface area contributed by atoms with Gasteiger partial charge in [0, 0.05) is 31.6 Å². The summed E-state index contributed by atoms with van der Waals surface area (Å²) in [6.07, 6.45) is 0.516. The van der Waals surface area contributed by atoms with Crippen LogP contribution in [0.25, 0.3) is 0 Å². The lowest BCUT2D eigenvalue weighted by molar-refractivity contribution is -0.120. The van der Waals surface area contributed by atoms with Crippen molar-refractivity contribution in [3.05, 3.63) is 71.3 Å². The third-order valence-electron chi connectivity index (χ3n) is 4.80. The van der Waals surface area contributed by atoms with Crippen LogP contribution < -0.4 is 5.32 Å². The number of nitrogens with one attached hydrogen (secondary N) is 1. The maximum Gasteiger partial charge on any atom is 0.224 e. The smallest absolute Gasteiger partial charge is 0.224 e. The van der Waals surface area contributed by atoms with E-state index in [4.69, 9.17) is 0 Å². The molecule has 0 unspecified atom stereocenters. The van der Waals surface area contributed by atoms with Crippen molar-refractivity contribution in [2.45, 2.75) is 24.9 Å². The molecule has 2 heterocycles. The lowest BCUT2D eigenvalue weighted by Crippen LogP contribution is -2.38. The first kappa shape index (κ1) is 13.5. The van der Waals surface area contributed by atoms with Gasteiger partial charge in [0.15, 0.2) is 0 Å². The minimum absolute atomic E-state index is 0.154. The van der Waals surface area contributed by atoms with Gasteiger partial charge in [-0.15, -0.1) is 0 Å². The Morgan fingerprint density at radius 2 is 1.77 bits per heavy atom. The fourth-order valence-electron chi connectivity index (χ4n) is 3.81. The molecule has 2 aromatic rings. The van der Waals surface area contributed by atoms with Crippen LogP contribution in [0.3, 0.4) is 0 Å². The van der Waals surface area contributed by atoms with Gasteiger partial charge in [0.25, 0.3) is 0 Å². The zero-order chi connectivity index (χ0) is 14.9.